The average Bonchev–Trinajstić information content (AvgIpc) is 2.69. The maximum Gasteiger partial charge on any atom is 0.240 e. The summed E-state index contributed by atoms with van der Waals surface area (Å²) in [4.78, 5) is 4.63. The van der Waals surface area contributed by atoms with Crippen LogP contribution in [0.4, 0.5) is 0 Å². The van der Waals surface area contributed by atoms with E-state index in [2.05, 4.69) is 15.0 Å². The number of fused-ring (bicyclic) bond motifs is 1. The zero-order chi connectivity index (χ0) is 15.6. The minimum absolute atomic E-state index is 0. The number of nitrogens with one attached hydrogen (secondary N) is 2. The van der Waals surface area contributed by atoms with E-state index in [1.54, 1.807) is 18.2 Å². The third kappa shape index (κ3) is 4.62. The van der Waals surface area contributed by atoms with Crippen LogP contribution in [0.2, 0.25) is 0 Å². The molecule has 6 nitrogen and oxygen atoms in total. The Bertz CT molecular complexity index is 756. The predicted molar refractivity (Wildman–Crippen MR) is 94.0 cm³/mol. The summed E-state index contributed by atoms with van der Waals surface area (Å²) in [5, 5.41) is 4.16. The normalized spacial score (nSPS) is 19.3. The lowest BCUT2D eigenvalue weighted by Gasteiger charge is -2.14. The number of nitrogens with zero attached hydrogens (tertiary/aromatic N) is 1. The largest absolute Gasteiger partial charge is 0.380 e. The molecule has 0 spiro atoms. The molecular weight excluding hydrogens is 358 g/mol. The van der Waals surface area contributed by atoms with E-state index in [1.807, 2.05) is 6.92 Å². The van der Waals surface area contributed by atoms with E-state index < -0.39 is 10.0 Å². The highest BCUT2D eigenvalue weighted by atomic mass is 35.5. The molecule has 23 heavy (non-hydrogen) atoms. The first-order valence-electron chi connectivity index (χ1n) is 7.20. The Morgan fingerprint density at radius 1 is 1.48 bits per heavy atom. The third-order valence-corrected chi connectivity index (χ3v) is 5.90. The maximum absolute atomic E-state index is 12.4. The zero-order valence-corrected chi connectivity index (χ0v) is 15.2. The Kier molecular flexibility index (Phi) is 6.35. The lowest BCUT2D eigenvalue weighted by molar-refractivity contribution is 0.124. The lowest BCUT2D eigenvalue weighted by atomic mass is 10.2. The smallest absolute Gasteiger partial charge is 0.240 e. The van der Waals surface area contributed by atoms with Gasteiger partial charge < -0.3 is 10.1 Å². The fourth-order valence-corrected chi connectivity index (χ4v) is 4.47. The summed E-state index contributed by atoms with van der Waals surface area (Å²) in [7, 11) is -3.51. The number of benzene rings is 1. The van der Waals surface area contributed by atoms with Crippen molar-refractivity contribution >= 4 is 44.0 Å². The van der Waals surface area contributed by atoms with Gasteiger partial charge in [0.25, 0.3) is 0 Å². The number of aromatic nitrogens is 1. The SMILES string of the molecule is Cc1nc2ccc(S(=O)(=O)NCC3CNCCOC3)cc2s1.Cl. The van der Waals surface area contributed by atoms with Crippen molar-refractivity contribution in [1.29, 1.82) is 0 Å². The van der Waals surface area contributed by atoms with E-state index in [0.717, 1.165) is 28.3 Å². The van der Waals surface area contributed by atoms with E-state index in [1.165, 1.54) is 11.3 Å². The summed E-state index contributed by atoms with van der Waals surface area (Å²) in [5.74, 6) is 0.145. The van der Waals surface area contributed by atoms with Gasteiger partial charge in [0.15, 0.2) is 0 Å². The van der Waals surface area contributed by atoms with Crippen LogP contribution < -0.4 is 10.0 Å². The molecule has 1 fully saturated rings. The van der Waals surface area contributed by atoms with Crippen LogP contribution in [-0.2, 0) is 14.8 Å². The van der Waals surface area contributed by atoms with Gasteiger partial charge in [-0.1, -0.05) is 0 Å². The second-order valence-electron chi connectivity index (χ2n) is 5.36. The maximum atomic E-state index is 12.4. The molecule has 2 aromatic rings. The topological polar surface area (TPSA) is 80.3 Å². The molecule has 2 heterocycles. The lowest BCUT2D eigenvalue weighted by Crippen LogP contribution is -2.35. The highest BCUT2D eigenvalue weighted by Gasteiger charge is 2.19. The summed E-state index contributed by atoms with van der Waals surface area (Å²) < 4.78 is 33.9. The van der Waals surface area contributed by atoms with Gasteiger partial charge in [0, 0.05) is 25.6 Å². The summed E-state index contributed by atoms with van der Waals surface area (Å²) in [6, 6.07) is 5.04. The molecule has 0 saturated carbocycles. The number of thiazole rings is 1. The number of sulfonamides is 1. The quantitative estimate of drug-likeness (QED) is 0.844. The van der Waals surface area contributed by atoms with Crippen molar-refractivity contribution in [2.75, 3.05) is 32.8 Å². The minimum Gasteiger partial charge on any atom is -0.380 e. The van der Waals surface area contributed by atoms with Crippen LogP contribution in [0, 0.1) is 12.8 Å². The van der Waals surface area contributed by atoms with E-state index in [0.29, 0.717) is 19.8 Å². The first-order chi connectivity index (χ1) is 10.5. The standard InChI is InChI=1S/C14H19N3O3S2.ClH/c1-10-17-13-3-2-12(6-14(13)21-10)22(18,19)16-8-11-7-15-4-5-20-9-11;/h2-3,6,11,15-16H,4-5,7-9H2,1H3;1H. The van der Waals surface area contributed by atoms with Crippen LogP contribution in [0.1, 0.15) is 5.01 Å². The van der Waals surface area contributed by atoms with Crippen LogP contribution in [0.5, 0.6) is 0 Å². The Hall–Kier alpha value is -0.770. The second-order valence-corrected chi connectivity index (χ2v) is 8.36. The molecule has 1 aliphatic rings. The molecular formula is C14H20ClN3O3S2. The van der Waals surface area contributed by atoms with E-state index in [4.69, 9.17) is 4.74 Å². The van der Waals surface area contributed by atoms with Crippen molar-refractivity contribution in [2.45, 2.75) is 11.8 Å². The Balaban J connectivity index is 0.00000192. The molecule has 2 N–H and O–H groups in total. The van der Waals surface area contributed by atoms with E-state index in [-0.39, 0.29) is 23.2 Å². The van der Waals surface area contributed by atoms with Crippen LogP contribution in [-0.4, -0.2) is 46.2 Å². The Morgan fingerprint density at radius 2 is 2.30 bits per heavy atom. The monoisotopic (exact) mass is 377 g/mol. The molecule has 9 heteroatoms. The Labute approximate surface area is 146 Å². The van der Waals surface area contributed by atoms with Crippen molar-refractivity contribution in [1.82, 2.24) is 15.0 Å². The fraction of sp³-hybridized carbons (Fsp3) is 0.500. The van der Waals surface area contributed by atoms with Crippen LogP contribution >= 0.6 is 23.7 Å². The second kappa shape index (κ2) is 7.87. The van der Waals surface area contributed by atoms with Gasteiger partial charge in [-0.3, -0.25) is 0 Å². The molecule has 1 atom stereocenters. The Morgan fingerprint density at radius 3 is 3.13 bits per heavy atom. The van der Waals surface area contributed by atoms with E-state index >= 15 is 0 Å². The highest BCUT2D eigenvalue weighted by molar-refractivity contribution is 7.89. The molecule has 1 unspecified atom stereocenters. The van der Waals surface area contributed by atoms with Crippen molar-refractivity contribution in [3.63, 3.8) is 0 Å². The number of halogens is 1. The number of aryl methyl sites for hydroxylation is 1. The molecule has 0 radical (unpaired) electrons. The van der Waals surface area contributed by atoms with Crippen molar-refractivity contribution in [3.8, 4) is 0 Å². The average molecular weight is 378 g/mol. The fourth-order valence-electron chi connectivity index (χ4n) is 2.39. The number of hydrogen-bond acceptors (Lipinski definition) is 6. The number of rotatable bonds is 4. The number of ether oxygens (including phenoxy) is 1. The molecule has 0 amide bonds. The van der Waals surface area contributed by atoms with Gasteiger partial charge >= 0.3 is 0 Å². The highest BCUT2D eigenvalue weighted by Crippen LogP contribution is 2.24. The van der Waals surface area contributed by atoms with Crippen molar-refractivity contribution in [2.24, 2.45) is 5.92 Å². The van der Waals surface area contributed by atoms with Gasteiger partial charge in [-0.05, 0) is 25.1 Å². The van der Waals surface area contributed by atoms with Gasteiger partial charge in [-0.2, -0.15) is 0 Å². The summed E-state index contributed by atoms with van der Waals surface area (Å²) in [6.07, 6.45) is 0. The molecule has 1 aromatic heterocycles. The third-order valence-electron chi connectivity index (χ3n) is 3.55. The summed E-state index contributed by atoms with van der Waals surface area (Å²) >= 11 is 1.50. The molecule has 0 bridgehead atoms. The summed E-state index contributed by atoms with van der Waals surface area (Å²) in [6.45, 7) is 5.10. The van der Waals surface area contributed by atoms with Crippen LogP contribution in [0.25, 0.3) is 10.2 Å². The molecule has 0 aliphatic carbocycles. The zero-order valence-electron chi connectivity index (χ0n) is 12.7. The first kappa shape index (κ1) is 18.6. The molecule has 1 aliphatic heterocycles. The summed E-state index contributed by atoms with van der Waals surface area (Å²) in [5.41, 5.74) is 0.836. The van der Waals surface area contributed by atoms with Crippen molar-refractivity contribution in [3.05, 3.63) is 23.2 Å². The van der Waals surface area contributed by atoms with Crippen molar-refractivity contribution < 1.29 is 13.2 Å². The molecule has 3 rings (SSSR count). The van der Waals surface area contributed by atoms with E-state index in [9.17, 15) is 8.42 Å². The van der Waals surface area contributed by atoms with Gasteiger partial charge in [-0.15, -0.1) is 23.7 Å². The predicted octanol–water partition coefficient (Wildman–Crippen LogP) is 1.54. The van der Waals surface area contributed by atoms with Gasteiger partial charge in [0.2, 0.25) is 10.0 Å². The minimum atomic E-state index is -3.51. The van der Waals surface area contributed by atoms with Gasteiger partial charge in [0.1, 0.15) is 0 Å². The molecule has 128 valence electrons. The van der Waals surface area contributed by atoms with Crippen LogP contribution in [0.3, 0.4) is 0 Å². The van der Waals surface area contributed by atoms with Gasteiger partial charge in [0.05, 0.1) is 33.3 Å². The molecule has 1 saturated heterocycles. The molecule has 1 aromatic carbocycles. The number of hydrogen-bond donors (Lipinski definition) is 2. The van der Waals surface area contributed by atoms with Gasteiger partial charge in [-0.25, -0.2) is 18.1 Å². The van der Waals surface area contributed by atoms with Crippen LogP contribution in [0.15, 0.2) is 23.1 Å². The first-order valence-corrected chi connectivity index (χ1v) is 9.50.